The molecule has 6 nitrogen and oxygen atoms in total. The number of amides is 1. The van der Waals surface area contributed by atoms with Gasteiger partial charge < -0.3 is 14.8 Å². The van der Waals surface area contributed by atoms with E-state index in [4.69, 9.17) is 16.0 Å². The van der Waals surface area contributed by atoms with E-state index in [-0.39, 0.29) is 6.42 Å². The monoisotopic (exact) mass is 350 g/mol. The van der Waals surface area contributed by atoms with Crippen molar-refractivity contribution in [2.45, 2.75) is 33.2 Å². The maximum Gasteiger partial charge on any atom is 0.326 e. The van der Waals surface area contributed by atoms with Gasteiger partial charge in [-0.25, -0.2) is 9.78 Å². The van der Waals surface area contributed by atoms with Crippen LogP contribution >= 0.6 is 11.6 Å². The standard InChI is InChI=1S/C17H19ClN2O4/c1-17(2,3)14(16(22)23)20-13(21)8-12-9-24-15(19-12)10-4-6-11(18)7-5-10/h4-7,9,14H,8H2,1-3H3,(H,20,21)(H,22,23)/t14-/m0/s1. The average Bonchev–Trinajstić information content (AvgIpc) is 2.92. The molecule has 1 amide bonds. The maximum atomic E-state index is 12.1. The van der Waals surface area contributed by atoms with Crippen LogP contribution in [0.3, 0.4) is 0 Å². The second-order valence-electron chi connectivity index (χ2n) is 6.53. The fourth-order valence-electron chi connectivity index (χ4n) is 2.14. The molecule has 1 heterocycles. The van der Waals surface area contributed by atoms with Gasteiger partial charge in [-0.15, -0.1) is 0 Å². The number of carbonyl (C=O) groups excluding carboxylic acids is 1. The highest BCUT2D eigenvalue weighted by molar-refractivity contribution is 6.30. The summed E-state index contributed by atoms with van der Waals surface area (Å²) in [5.41, 5.74) is 0.569. The number of rotatable bonds is 5. The van der Waals surface area contributed by atoms with Crippen molar-refractivity contribution >= 4 is 23.5 Å². The first-order chi connectivity index (χ1) is 11.2. The quantitative estimate of drug-likeness (QED) is 0.864. The zero-order valence-electron chi connectivity index (χ0n) is 13.7. The van der Waals surface area contributed by atoms with E-state index in [0.29, 0.717) is 16.6 Å². The summed E-state index contributed by atoms with van der Waals surface area (Å²) >= 11 is 5.83. The molecule has 0 aliphatic heterocycles. The van der Waals surface area contributed by atoms with Gasteiger partial charge in [-0.1, -0.05) is 32.4 Å². The summed E-state index contributed by atoms with van der Waals surface area (Å²) in [7, 11) is 0. The number of carboxylic acids is 1. The molecule has 0 unspecified atom stereocenters. The summed E-state index contributed by atoms with van der Waals surface area (Å²) < 4.78 is 5.36. The summed E-state index contributed by atoms with van der Waals surface area (Å²) in [6, 6.07) is 5.98. The predicted octanol–water partition coefficient (Wildman–Crippen LogP) is 3.15. The molecule has 2 N–H and O–H groups in total. The first-order valence-electron chi connectivity index (χ1n) is 7.39. The van der Waals surface area contributed by atoms with Gasteiger partial charge in [0.25, 0.3) is 0 Å². The van der Waals surface area contributed by atoms with E-state index in [2.05, 4.69) is 10.3 Å². The van der Waals surface area contributed by atoms with Crippen LogP contribution < -0.4 is 5.32 Å². The third-order valence-electron chi connectivity index (χ3n) is 3.40. The SMILES string of the molecule is CC(C)(C)[C@@H](NC(=O)Cc1coc(-c2ccc(Cl)cc2)n1)C(=O)O. The van der Waals surface area contributed by atoms with Crippen LogP contribution in [0, 0.1) is 5.41 Å². The third kappa shape index (κ3) is 4.58. The average molecular weight is 351 g/mol. The number of hydrogen-bond acceptors (Lipinski definition) is 4. The predicted molar refractivity (Wildman–Crippen MR) is 89.7 cm³/mol. The lowest BCUT2D eigenvalue weighted by atomic mass is 9.86. The van der Waals surface area contributed by atoms with E-state index >= 15 is 0 Å². The molecule has 1 aromatic heterocycles. The van der Waals surface area contributed by atoms with Gasteiger partial charge >= 0.3 is 5.97 Å². The maximum absolute atomic E-state index is 12.1. The number of oxazole rings is 1. The summed E-state index contributed by atoms with van der Waals surface area (Å²) in [5, 5.41) is 12.4. The second-order valence-corrected chi connectivity index (χ2v) is 6.97. The van der Waals surface area contributed by atoms with Crippen LogP contribution in [0.25, 0.3) is 11.5 Å². The molecule has 0 spiro atoms. The zero-order valence-corrected chi connectivity index (χ0v) is 14.4. The zero-order chi connectivity index (χ0) is 17.9. The summed E-state index contributed by atoms with van der Waals surface area (Å²) in [6.45, 7) is 5.25. The largest absolute Gasteiger partial charge is 0.480 e. The number of carboxylic acid groups (broad SMARTS) is 1. The van der Waals surface area contributed by atoms with E-state index < -0.39 is 23.3 Å². The highest BCUT2D eigenvalue weighted by Gasteiger charge is 2.32. The smallest absolute Gasteiger partial charge is 0.326 e. The van der Waals surface area contributed by atoms with Crippen LogP contribution in [-0.2, 0) is 16.0 Å². The number of benzene rings is 1. The van der Waals surface area contributed by atoms with Crippen LogP contribution in [0.2, 0.25) is 5.02 Å². The van der Waals surface area contributed by atoms with Crippen molar-refractivity contribution in [1.82, 2.24) is 10.3 Å². The lowest BCUT2D eigenvalue weighted by molar-refractivity contribution is -0.144. The van der Waals surface area contributed by atoms with Crippen molar-refractivity contribution in [1.29, 1.82) is 0 Å². The molecule has 0 radical (unpaired) electrons. The van der Waals surface area contributed by atoms with Crippen molar-refractivity contribution in [3.63, 3.8) is 0 Å². The number of nitrogens with zero attached hydrogens (tertiary/aromatic N) is 1. The van der Waals surface area contributed by atoms with Crippen molar-refractivity contribution in [2.24, 2.45) is 5.41 Å². The molecule has 0 saturated heterocycles. The van der Waals surface area contributed by atoms with Crippen molar-refractivity contribution in [3.8, 4) is 11.5 Å². The van der Waals surface area contributed by atoms with Crippen LogP contribution in [0.15, 0.2) is 34.9 Å². The Hall–Kier alpha value is -2.34. The van der Waals surface area contributed by atoms with E-state index in [1.54, 1.807) is 45.0 Å². The molecule has 2 aromatic rings. The Morgan fingerprint density at radius 2 is 1.92 bits per heavy atom. The topological polar surface area (TPSA) is 92.4 Å². The number of nitrogens with one attached hydrogen (secondary N) is 1. The molecular weight excluding hydrogens is 332 g/mol. The lowest BCUT2D eigenvalue weighted by Gasteiger charge is -2.27. The number of aromatic nitrogens is 1. The number of hydrogen-bond donors (Lipinski definition) is 2. The van der Waals surface area contributed by atoms with E-state index in [1.165, 1.54) is 6.26 Å². The van der Waals surface area contributed by atoms with Gasteiger partial charge in [0.15, 0.2) is 0 Å². The Balaban J connectivity index is 2.05. The Labute approximate surface area is 144 Å². The highest BCUT2D eigenvalue weighted by Crippen LogP contribution is 2.22. The van der Waals surface area contributed by atoms with Crippen LogP contribution in [0.5, 0.6) is 0 Å². The summed E-state index contributed by atoms with van der Waals surface area (Å²) in [4.78, 5) is 27.6. The van der Waals surface area contributed by atoms with Crippen molar-refractivity contribution in [2.75, 3.05) is 0 Å². The van der Waals surface area contributed by atoms with Gasteiger partial charge in [0.2, 0.25) is 11.8 Å². The van der Waals surface area contributed by atoms with Crippen LogP contribution in [0.1, 0.15) is 26.5 Å². The minimum atomic E-state index is -1.07. The Morgan fingerprint density at radius 1 is 1.29 bits per heavy atom. The molecule has 7 heteroatoms. The summed E-state index contributed by atoms with van der Waals surface area (Å²) in [6.07, 6.45) is 1.33. The Kier molecular flexibility index (Phi) is 5.29. The number of carbonyl (C=O) groups is 2. The molecule has 0 bridgehead atoms. The molecule has 0 fully saturated rings. The van der Waals surface area contributed by atoms with Crippen molar-refractivity contribution in [3.05, 3.63) is 41.2 Å². The highest BCUT2D eigenvalue weighted by atomic mass is 35.5. The summed E-state index contributed by atoms with van der Waals surface area (Å²) in [5.74, 6) is -1.12. The number of halogens is 1. The van der Waals surface area contributed by atoms with Gasteiger partial charge in [-0.05, 0) is 29.7 Å². The minimum Gasteiger partial charge on any atom is -0.480 e. The lowest BCUT2D eigenvalue weighted by Crippen LogP contribution is -2.49. The van der Waals surface area contributed by atoms with Crippen molar-refractivity contribution < 1.29 is 19.1 Å². The Morgan fingerprint density at radius 3 is 2.46 bits per heavy atom. The molecule has 2 rings (SSSR count). The van der Waals surface area contributed by atoms with E-state index in [1.807, 2.05) is 0 Å². The van der Waals surface area contributed by atoms with Gasteiger partial charge in [0.05, 0.1) is 12.1 Å². The molecule has 1 atom stereocenters. The second kappa shape index (κ2) is 7.05. The molecule has 1 aromatic carbocycles. The van der Waals surface area contributed by atoms with Gasteiger partial charge in [0, 0.05) is 10.6 Å². The molecule has 24 heavy (non-hydrogen) atoms. The number of aliphatic carboxylic acids is 1. The molecule has 0 aliphatic carbocycles. The Bertz CT molecular complexity index is 732. The van der Waals surface area contributed by atoms with E-state index in [9.17, 15) is 14.7 Å². The first kappa shape index (κ1) is 18.0. The molecule has 128 valence electrons. The van der Waals surface area contributed by atoms with Gasteiger partial charge in [-0.2, -0.15) is 0 Å². The van der Waals surface area contributed by atoms with Gasteiger partial charge in [0.1, 0.15) is 12.3 Å². The molecule has 0 saturated carbocycles. The third-order valence-corrected chi connectivity index (χ3v) is 3.65. The van der Waals surface area contributed by atoms with Crippen LogP contribution in [0.4, 0.5) is 0 Å². The molecule has 0 aliphatic rings. The van der Waals surface area contributed by atoms with Gasteiger partial charge in [-0.3, -0.25) is 4.79 Å². The fourth-order valence-corrected chi connectivity index (χ4v) is 2.26. The fraction of sp³-hybridized carbons (Fsp3) is 0.353. The molecular formula is C17H19ClN2O4. The normalized spacial score (nSPS) is 12.7. The van der Waals surface area contributed by atoms with Crippen LogP contribution in [-0.4, -0.2) is 28.0 Å². The minimum absolute atomic E-state index is 0.0586. The first-order valence-corrected chi connectivity index (χ1v) is 7.77. The van der Waals surface area contributed by atoms with E-state index in [0.717, 1.165) is 5.56 Å².